The highest BCUT2D eigenvalue weighted by Crippen LogP contribution is 2.36. The van der Waals surface area contributed by atoms with Crippen LogP contribution in [0.3, 0.4) is 0 Å². The predicted octanol–water partition coefficient (Wildman–Crippen LogP) is 3.54. The first-order valence-corrected chi connectivity index (χ1v) is 11.4. The molecule has 2 aliphatic heterocycles. The van der Waals surface area contributed by atoms with Crippen molar-refractivity contribution in [3.8, 4) is 0 Å². The van der Waals surface area contributed by atoms with E-state index in [1.165, 1.54) is 16.7 Å². The molecule has 2 aromatic carbocycles. The minimum absolute atomic E-state index is 0.117. The number of ether oxygens (including phenoxy) is 2. The zero-order valence-electron chi connectivity index (χ0n) is 18.7. The van der Waals surface area contributed by atoms with Gasteiger partial charge in [0, 0.05) is 32.8 Å². The Morgan fingerprint density at radius 2 is 1.65 bits per heavy atom. The maximum atomic E-state index is 13.7. The summed E-state index contributed by atoms with van der Waals surface area (Å²) in [6, 6.07) is 17.2. The Hall–Kier alpha value is -2.21. The second-order valence-electron chi connectivity index (χ2n) is 8.85. The van der Waals surface area contributed by atoms with Crippen LogP contribution in [-0.2, 0) is 19.7 Å². The topological polar surface area (TPSA) is 50.8 Å². The molecule has 5 heteroatoms. The summed E-state index contributed by atoms with van der Waals surface area (Å²) in [7, 11) is 0. The number of carbonyl (C=O) groups excluding carboxylic acids is 1. The van der Waals surface area contributed by atoms with Crippen LogP contribution in [0.1, 0.15) is 41.1 Å². The monoisotopic (exact) mass is 422 g/mol. The van der Waals surface area contributed by atoms with Crippen molar-refractivity contribution >= 4 is 5.91 Å². The van der Waals surface area contributed by atoms with Crippen LogP contribution >= 0.6 is 0 Å². The van der Waals surface area contributed by atoms with Gasteiger partial charge >= 0.3 is 0 Å². The van der Waals surface area contributed by atoms with E-state index in [9.17, 15) is 4.79 Å². The van der Waals surface area contributed by atoms with E-state index in [1.807, 2.05) is 0 Å². The normalized spacial score (nSPS) is 20.2. The van der Waals surface area contributed by atoms with E-state index < -0.39 is 5.41 Å². The molecule has 1 atom stereocenters. The second kappa shape index (κ2) is 9.94. The molecule has 0 saturated carbocycles. The molecule has 1 N–H and O–H groups in total. The molecule has 2 aromatic rings. The standard InChI is InChI=1S/C26H34N2O3/c1-20-6-8-22(9-7-20)24(28-12-16-31-17-13-28)19-27-25(29)26(10-14-30-15-11-26)23-5-3-4-21(2)18-23/h3-9,18,24H,10-17,19H2,1-2H3,(H,27,29)/t24-/m0/s1. The van der Waals surface area contributed by atoms with Gasteiger partial charge in [0.1, 0.15) is 0 Å². The largest absolute Gasteiger partial charge is 0.381 e. The average molecular weight is 423 g/mol. The lowest BCUT2D eigenvalue weighted by atomic mass is 9.73. The van der Waals surface area contributed by atoms with Crippen LogP contribution < -0.4 is 5.32 Å². The predicted molar refractivity (Wildman–Crippen MR) is 122 cm³/mol. The van der Waals surface area contributed by atoms with E-state index in [0.717, 1.165) is 44.7 Å². The van der Waals surface area contributed by atoms with Gasteiger partial charge < -0.3 is 14.8 Å². The van der Waals surface area contributed by atoms with Crippen molar-refractivity contribution in [1.82, 2.24) is 10.2 Å². The molecule has 0 aliphatic carbocycles. The Kier molecular flexibility index (Phi) is 7.06. The molecule has 5 nitrogen and oxygen atoms in total. The van der Waals surface area contributed by atoms with Crippen molar-refractivity contribution in [2.24, 2.45) is 0 Å². The molecule has 166 valence electrons. The van der Waals surface area contributed by atoms with Crippen molar-refractivity contribution in [2.75, 3.05) is 46.1 Å². The van der Waals surface area contributed by atoms with Gasteiger partial charge in [0.2, 0.25) is 5.91 Å². The maximum absolute atomic E-state index is 13.7. The third-order valence-corrected chi connectivity index (χ3v) is 6.76. The van der Waals surface area contributed by atoms with Crippen molar-refractivity contribution in [1.29, 1.82) is 0 Å². The van der Waals surface area contributed by atoms with Crippen LogP contribution in [0.4, 0.5) is 0 Å². The van der Waals surface area contributed by atoms with Crippen LogP contribution in [0.25, 0.3) is 0 Å². The summed E-state index contributed by atoms with van der Waals surface area (Å²) in [5.74, 6) is 0.117. The molecule has 0 spiro atoms. The molecular formula is C26H34N2O3. The number of nitrogens with one attached hydrogen (secondary N) is 1. The van der Waals surface area contributed by atoms with Gasteiger partial charge in [-0.3, -0.25) is 9.69 Å². The Morgan fingerprint density at radius 1 is 0.968 bits per heavy atom. The lowest BCUT2D eigenvalue weighted by Gasteiger charge is -2.38. The number of nitrogens with zero attached hydrogens (tertiary/aromatic N) is 1. The van der Waals surface area contributed by atoms with Crippen molar-refractivity contribution in [3.05, 3.63) is 70.8 Å². The first kappa shape index (κ1) is 22.0. The summed E-state index contributed by atoms with van der Waals surface area (Å²) >= 11 is 0. The molecule has 0 unspecified atom stereocenters. The number of aryl methyl sites for hydroxylation is 2. The number of rotatable bonds is 6. The lowest BCUT2D eigenvalue weighted by Crippen LogP contribution is -2.51. The summed E-state index contributed by atoms with van der Waals surface area (Å²) in [5, 5.41) is 3.34. The molecule has 0 aromatic heterocycles. The summed E-state index contributed by atoms with van der Waals surface area (Å²) < 4.78 is 11.2. The molecule has 2 saturated heterocycles. The van der Waals surface area contributed by atoms with Gasteiger partial charge in [-0.25, -0.2) is 0 Å². The van der Waals surface area contributed by atoms with E-state index >= 15 is 0 Å². The average Bonchev–Trinajstić information content (AvgIpc) is 2.81. The van der Waals surface area contributed by atoms with Gasteiger partial charge in [-0.05, 0) is 37.8 Å². The van der Waals surface area contributed by atoms with Crippen molar-refractivity contribution < 1.29 is 14.3 Å². The van der Waals surface area contributed by atoms with Gasteiger partial charge in [0.25, 0.3) is 0 Å². The molecule has 0 radical (unpaired) electrons. The van der Waals surface area contributed by atoms with Gasteiger partial charge in [-0.1, -0.05) is 59.7 Å². The van der Waals surface area contributed by atoms with Gasteiger partial charge in [0.05, 0.1) is 24.7 Å². The Labute approximate surface area is 185 Å². The zero-order valence-corrected chi connectivity index (χ0v) is 18.7. The minimum atomic E-state index is -0.521. The van der Waals surface area contributed by atoms with E-state index in [4.69, 9.17) is 9.47 Å². The number of carbonyl (C=O) groups is 1. The highest BCUT2D eigenvalue weighted by molar-refractivity contribution is 5.88. The Balaban J connectivity index is 1.55. The first-order valence-electron chi connectivity index (χ1n) is 11.4. The SMILES string of the molecule is Cc1ccc([C@H](CNC(=O)C2(c3cccc(C)c3)CCOCC2)N2CCOCC2)cc1. The Bertz CT molecular complexity index is 868. The smallest absolute Gasteiger partial charge is 0.230 e. The molecule has 2 aliphatic rings. The van der Waals surface area contributed by atoms with Crippen LogP contribution in [0.5, 0.6) is 0 Å². The third kappa shape index (κ3) is 5.00. The molecule has 0 bridgehead atoms. The highest BCUT2D eigenvalue weighted by atomic mass is 16.5. The zero-order chi connectivity index (χ0) is 21.7. The van der Waals surface area contributed by atoms with Crippen molar-refractivity contribution in [3.63, 3.8) is 0 Å². The first-order chi connectivity index (χ1) is 15.1. The summed E-state index contributed by atoms with van der Waals surface area (Å²) in [5.41, 5.74) is 4.25. The lowest BCUT2D eigenvalue weighted by molar-refractivity contribution is -0.130. The molecule has 2 fully saturated rings. The van der Waals surface area contributed by atoms with Crippen LogP contribution in [-0.4, -0.2) is 56.9 Å². The number of hydrogen-bond acceptors (Lipinski definition) is 4. The van der Waals surface area contributed by atoms with Gasteiger partial charge in [-0.2, -0.15) is 0 Å². The van der Waals surface area contributed by atoms with Crippen LogP contribution in [0, 0.1) is 13.8 Å². The number of benzene rings is 2. The molecule has 4 rings (SSSR count). The number of hydrogen-bond donors (Lipinski definition) is 1. The fraction of sp³-hybridized carbons (Fsp3) is 0.500. The third-order valence-electron chi connectivity index (χ3n) is 6.76. The van der Waals surface area contributed by atoms with E-state index in [0.29, 0.717) is 19.8 Å². The molecule has 31 heavy (non-hydrogen) atoms. The summed E-state index contributed by atoms with van der Waals surface area (Å²) in [4.78, 5) is 16.1. The molecule has 1 amide bonds. The fourth-order valence-corrected chi connectivity index (χ4v) is 4.80. The molecular weight excluding hydrogens is 388 g/mol. The quantitative estimate of drug-likeness (QED) is 0.774. The fourth-order valence-electron chi connectivity index (χ4n) is 4.80. The van der Waals surface area contributed by atoms with Gasteiger partial charge in [0.15, 0.2) is 0 Å². The van der Waals surface area contributed by atoms with Crippen LogP contribution in [0.15, 0.2) is 48.5 Å². The summed E-state index contributed by atoms with van der Waals surface area (Å²) in [6.45, 7) is 9.25. The number of morpholine rings is 1. The van der Waals surface area contributed by atoms with E-state index in [-0.39, 0.29) is 11.9 Å². The Morgan fingerprint density at radius 3 is 2.32 bits per heavy atom. The summed E-state index contributed by atoms with van der Waals surface area (Å²) in [6.07, 6.45) is 1.43. The van der Waals surface area contributed by atoms with Crippen molar-refractivity contribution in [2.45, 2.75) is 38.1 Å². The molecule has 2 heterocycles. The number of amides is 1. The second-order valence-corrected chi connectivity index (χ2v) is 8.85. The van der Waals surface area contributed by atoms with E-state index in [1.54, 1.807) is 0 Å². The van der Waals surface area contributed by atoms with E-state index in [2.05, 4.69) is 72.6 Å². The van der Waals surface area contributed by atoms with Gasteiger partial charge in [-0.15, -0.1) is 0 Å². The van der Waals surface area contributed by atoms with Crippen LogP contribution in [0.2, 0.25) is 0 Å². The minimum Gasteiger partial charge on any atom is -0.381 e. The maximum Gasteiger partial charge on any atom is 0.230 e. The highest BCUT2D eigenvalue weighted by Gasteiger charge is 2.42.